The van der Waals surface area contributed by atoms with Gasteiger partial charge in [-0.25, -0.2) is 0 Å². The molecular formula is C15H22N2O2. The number of nitrogens with two attached hydrogens (primary N) is 1. The molecule has 4 heteroatoms. The highest BCUT2D eigenvalue weighted by Crippen LogP contribution is 2.23. The van der Waals surface area contributed by atoms with Gasteiger partial charge in [-0.2, -0.15) is 0 Å². The molecule has 2 unspecified atom stereocenters. The Labute approximate surface area is 114 Å². The number of methoxy groups -OCH3 is 1. The smallest absolute Gasteiger partial charge is 0.251 e. The minimum Gasteiger partial charge on any atom is -0.496 e. The van der Waals surface area contributed by atoms with Gasteiger partial charge in [0.2, 0.25) is 0 Å². The van der Waals surface area contributed by atoms with Crippen molar-refractivity contribution in [3.8, 4) is 5.75 Å². The largest absolute Gasteiger partial charge is 0.496 e. The highest BCUT2D eigenvalue weighted by molar-refractivity contribution is 5.94. The topological polar surface area (TPSA) is 64.3 Å². The summed E-state index contributed by atoms with van der Waals surface area (Å²) in [6.45, 7) is 2.67. The van der Waals surface area contributed by atoms with Crippen LogP contribution in [0.15, 0.2) is 18.2 Å². The van der Waals surface area contributed by atoms with Crippen LogP contribution in [0.25, 0.3) is 0 Å². The monoisotopic (exact) mass is 262 g/mol. The van der Waals surface area contributed by atoms with E-state index in [2.05, 4.69) is 5.32 Å². The van der Waals surface area contributed by atoms with Crippen LogP contribution in [0.2, 0.25) is 0 Å². The van der Waals surface area contributed by atoms with Crippen LogP contribution in [-0.4, -0.2) is 25.6 Å². The zero-order valence-electron chi connectivity index (χ0n) is 11.6. The number of rotatable bonds is 4. The third kappa shape index (κ3) is 3.47. The molecule has 2 atom stereocenters. The van der Waals surface area contributed by atoms with Crippen LogP contribution >= 0.6 is 0 Å². The van der Waals surface area contributed by atoms with Crippen LogP contribution in [0.5, 0.6) is 5.75 Å². The number of amides is 1. The summed E-state index contributed by atoms with van der Waals surface area (Å²) in [4.78, 5) is 12.1. The Morgan fingerprint density at radius 2 is 2.26 bits per heavy atom. The van der Waals surface area contributed by atoms with E-state index in [1.54, 1.807) is 13.2 Å². The van der Waals surface area contributed by atoms with E-state index in [0.717, 1.165) is 30.6 Å². The second-order valence-electron chi connectivity index (χ2n) is 5.33. The van der Waals surface area contributed by atoms with Gasteiger partial charge >= 0.3 is 0 Å². The third-order valence-corrected chi connectivity index (χ3v) is 3.80. The molecule has 1 aliphatic rings. The average Bonchev–Trinajstić information content (AvgIpc) is 2.82. The van der Waals surface area contributed by atoms with Crippen LogP contribution < -0.4 is 15.8 Å². The Hall–Kier alpha value is -1.55. The maximum Gasteiger partial charge on any atom is 0.251 e. The quantitative estimate of drug-likeness (QED) is 0.870. The lowest BCUT2D eigenvalue weighted by Crippen LogP contribution is -2.29. The molecule has 0 radical (unpaired) electrons. The highest BCUT2D eigenvalue weighted by atomic mass is 16.5. The third-order valence-electron chi connectivity index (χ3n) is 3.80. The normalized spacial score (nSPS) is 22.3. The Bertz CT molecular complexity index is 459. The summed E-state index contributed by atoms with van der Waals surface area (Å²) in [6, 6.07) is 5.82. The molecule has 2 rings (SSSR count). The molecule has 0 aliphatic heterocycles. The molecule has 0 heterocycles. The van der Waals surface area contributed by atoms with Crippen LogP contribution in [0.1, 0.15) is 35.2 Å². The zero-order valence-corrected chi connectivity index (χ0v) is 11.6. The second kappa shape index (κ2) is 6.06. The Kier molecular flexibility index (Phi) is 4.43. The predicted molar refractivity (Wildman–Crippen MR) is 75.4 cm³/mol. The van der Waals surface area contributed by atoms with E-state index in [1.807, 2.05) is 19.1 Å². The molecule has 1 aromatic carbocycles. The maximum atomic E-state index is 12.1. The minimum absolute atomic E-state index is 0.0428. The summed E-state index contributed by atoms with van der Waals surface area (Å²) >= 11 is 0. The summed E-state index contributed by atoms with van der Waals surface area (Å²) < 4.78 is 5.23. The number of nitrogens with one attached hydrogen (secondary N) is 1. The fourth-order valence-corrected chi connectivity index (χ4v) is 2.60. The van der Waals surface area contributed by atoms with Crippen molar-refractivity contribution in [1.29, 1.82) is 0 Å². The molecule has 0 spiro atoms. The minimum atomic E-state index is -0.0428. The van der Waals surface area contributed by atoms with Gasteiger partial charge in [0.15, 0.2) is 0 Å². The van der Waals surface area contributed by atoms with Gasteiger partial charge in [-0.15, -0.1) is 0 Å². The van der Waals surface area contributed by atoms with Gasteiger partial charge in [-0.3, -0.25) is 4.79 Å². The molecule has 0 aromatic heterocycles. The Morgan fingerprint density at radius 1 is 1.47 bits per heavy atom. The van der Waals surface area contributed by atoms with Crippen LogP contribution in [0.3, 0.4) is 0 Å². The number of hydrogen-bond donors (Lipinski definition) is 2. The summed E-state index contributed by atoms with van der Waals surface area (Å²) in [5, 5.41) is 2.98. The first kappa shape index (κ1) is 13.9. The summed E-state index contributed by atoms with van der Waals surface area (Å²) in [5.41, 5.74) is 7.54. The van der Waals surface area contributed by atoms with E-state index >= 15 is 0 Å². The fraction of sp³-hybridized carbons (Fsp3) is 0.533. The number of aryl methyl sites for hydroxylation is 1. The van der Waals surface area contributed by atoms with E-state index in [9.17, 15) is 4.79 Å². The van der Waals surface area contributed by atoms with Crippen molar-refractivity contribution >= 4 is 5.91 Å². The van der Waals surface area contributed by atoms with Crippen molar-refractivity contribution in [2.75, 3.05) is 13.7 Å². The maximum absolute atomic E-state index is 12.1. The standard InChI is InChI=1S/C15H22N2O2/c1-10-3-5-12(8-14(10)19-2)15(18)17-9-11-4-6-13(16)7-11/h3,5,8,11,13H,4,6-7,9,16H2,1-2H3,(H,17,18). The SMILES string of the molecule is COc1cc(C(=O)NCC2CCC(N)C2)ccc1C. The molecular weight excluding hydrogens is 240 g/mol. The molecule has 19 heavy (non-hydrogen) atoms. The van der Waals surface area contributed by atoms with Crippen molar-refractivity contribution < 1.29 is 9.53 Å². The molecule has 104 valence electrons. The van der Waals surface area contributed by atoms with Gasteiger partial charge in [-0.1, -0.05) is 6.07 Å². The average molecular weight is 262 g/mol. The highest BCUT2D eigenvalue weighted by Gasteiger charge is 2.22. The molecule has 3 N–H and O–H groups in total. The molecule has 0 bridgehead atoms. The molecule has 1 aromatic rings. The van der Waals surface area contributed by atoms with Crippen molar-refractivity contribution in [3.05, 3.63) is 29.3 Å². The van der Waals surface area contributed by atoms with Gasteiger partial charge in [0.1, 0.15) is 5.75 Å². The molecule has 1 saturated carbocycles. The first-order chi connectivity index (χ1) is 9.10. The van der Waals surface area contributed by atoms with Crippen LogP contribution in [0.4, 0.5) is 0 Å². The summed E-state index contributed by atoms with van der Waals surface area (Å²) in [5.74, 6) is 1.22. The predicted octanol–water partition coefficient (Wildman–Crippen LogP) is 1.86. The number of benzene rings is 1. The van der Waals surface area contributed by atoms with Gasteiger partial charge in [0, 0.05) is 18.2 Å². The number of carbonyl (C=O) groups is 1. The lowest BCUT2D eigenvalue weighted by Gasteiger charge is -2.12. The summed E-state index contributed by atoms with van der Waals surface area (Å²) in [7, 11) is 1.62. The molecule has 1 fully saturated rings. The van der Waals surface area contributed by atoms with Crippen molar-refractivity contribution in [1.82, 2.24) is 5.32 Å². The molecule has 1 aliphatic carbocycles. The molecule has 1 amide bonds. The number of carbonyl (C=O) groups excluding carboxylic acids is 1. The number of ether oxygens (including phenoxy) is 1. The van der Waals surface area contributed by atoms with E-state index in [0.29, 0.717) is 24.1 Å². The fourth-order valence-electron chi connectivity index (χ4n) is 2.60. The van der Waals surface area contributed by atoms with E-state index < -0.39 is 0 Å². The van der Waals surface area contributed by atoms with Gasteiger partial charge in [0.25, 0.3) is 5.91 Å². The lowest BCUT2D eigenvalue weighted by atomic mass is 10.1. The first-order valence-corrected chi connectivity index (χ1v) is 6.78. The Morgan fingerprint density at radius 3 is 2.89 bits per heavy atom. The van der Waals surface area contributed by atoms with Gasteiger partial charge in [-0.05, 0) is 49.8 Å². The van der Waals surface area contributed by atoms with Crippen molar-refractivity contribution in [2.24, 2.45) is 11.7 Å². The van der Waals surface area contributed by atoms with Crippen molar-refractivity contribution in [3.63, 3.8) is 0 Å². The Balaban J connectivity index is 1.92. The van der Waals surface area contributed by atoms with Crippen LogP contribution in [0, 0.1) is 12.8 Å². The molecule has 0 saturated heterocycles. The van der Waals surface area contributed by atoms with E-state index in [1.165, 1.54) is 0 Å². The first-order valence-electron chi connectivity index (χ1n) is 6.78. The van der Waals surface area contributed by atoms with Crippen LogP contribution in [-0.2, 0) is 0 Å². The van der Waals surface area contributed by atoms with Gasteiger partial charge in [0.05, 0.1) is 7.11 Å². The van der Waals surface area contributed by atoms with E-state index in [4.69, 9.17) is 10.5 Å². The summed E-state index contributed by atoms with van der Waals surface area (Å²) in [6.07, 6.45) is 3.19. The number of hydrogen-bond acceptors (Lipinski definition) is 3. The zero-order chi connectivity index (χ0) is 13.8. The van der Waals surface area contributed by atoms with E-state index in [-0.39, 0.29) is 5.91 Å². The second-order valence-corrected chi connectivity index (χ2v) is 5.33. The molecule has 4 nitrogen and oxygen atoms in total. The lowest BCUT2D eigenvalue weighted by molar-refractivity contribution is 0.0947. The van der Waals surface area contributed by atoms with Crippen molar-refractivity contribution in [2.45, 2.75) is 32.2 Å². The van der Waals surface area contributed by atoms with Gasteiger partial charge < -0.3 is 15.8 Å².